The Balaban J connectivity index is 1.93. The quantitative estimate of drug-likeness (QED) is 0.818. The molecular weight excluding hydrogens is 252 g/mol. The zero-order chi connectivity index (χ0) is 13.8. The molecule has 0 unspecified atom stereocenters. The van der Waals surface area contributed by atoms with Crippen molar-refractivity contribution in [2.45, 2.75) is 12.8 Å². The molecular formula is C14H17F2NO2. The summed E-state index contributed by atoms with van der Waals surface area (Å²) in [6.45, 7) is 1.76. The van der Waals surface area contributed by atoms with Crippen molar-refractivity contribution >= 4 is 5.91 Å². The van der Waals surface area contributed by atoms with Gasteiger partial charge in [-0.3, -0.25) is 4.79 Å². The predicted molar refractivity (Wildman–Crippen MR) is 66.6 cm³/mol. The van der Waals surface area contributed by atoms with E-state index in [1.807, 2.05) is 0 Å². The molecule has 1 saturated heterocycles. The summed E-state index contributed by atoms with van der Waals surface area (Å²) in [7, 11) is 1.60. The van der Waals surface area contributed by atoms with Crippen molar-refractivity contribution in [3.63, 3.8) is 0 Å². The van der Waals surface area contributed by atoms with Gasteiger partial charge in [0.05, 0.1) is 6.61 Å². The molecule has 2 rings (SSSR count). The van der Waals surface area contributed by atoms with Gasteiger partial charge in [-0.15, -0.1) is 0 Å². The molecule has 0 aromatic heterocycles. The number of halogens is 2. The van der Waals surface area contributed by atoms with Gasteiger partial charge in [-0.05, 0) is 30.0 Å². The van der Waals surface area contributed by atoms with Crippen LogP contribution in [0.2, 0.25) is 0 Å². The lowest BCUT2D eigenvalue weighted by molar-refractivity contribution is -0.128. The third-order valence-electron chi connectivity index (χ3n) is 3.37. The summed E-state index contributed by atoms with van der Waals surface area (Å²) in [5.41, 5.74) is 0.727. The van der Waals surface area contributed by atoms with Gasteiger partial charge < -0.3 is 9.64 Å². The van der Waals surface area contributed by atoms with Crippen molar-refractivity contribution in [3.8, 4) is 0 Å². The summed E-state index contributed by atoms with van der Waals surface area (Å²) in [5, 5.41) is 0. The summed E-state index contributed by atoms with van der Waals surface area (Å²) in [6, 6.07) is 3.91. The molecule has 104 valence electrons. The molecule has 0 N–H and O–H groups in total. The third kappa shape index (κ3) is 3.50. The number of hydrogen-bond donors (Lipinski definition) is 0. The Bertz CT molecular complexity index is 465. The molecule has 1 aliphatic heterocycles. The molecule has 1 aliphatic rings. The van der Waals surface area contributed by atoms with Crippen LogP contribution in [0, 0.1) is 17.6 Å². The molecule has 1 amide bonds. The first-order valence-corrected chi connectivity index (χ1v) is 6.30. The van der Waals surface area contributed by atoms with Crippen molar-refractivity contribution in [3.05, 3.63) is 35.4 Å². The molecule has 0 bridgehead atoms. The Labute approximate surface area is 111 Å². The second-order valence-electron chi connectivity index (χ2n) is 4.86. The summed E-state index contributed by atoms with van der Waals surface area (Å²) >= 11 is 0. The summed E-state index contributed by atoms with van der Waals surface area (Å²) in [4.78, 5) is 13.5. The fraction of sp³-hybridized carbons (Fsp3) is 0.500. The number of likely N-dealkylation sites (tertiary alicyclic amines) is 1. The first-order chi connectivity index (χ1) is 9.10. The molecule has 1 heterocycles. The van der Waals surface area contributed by atoms with Gasteiger partial charge in [-0.25, -0.2) is 8.78 Å². The molecule has 1 aromatic carbocycles. The molecule has 5 heteroatoms. The summed E-state index contributed by atoms with van der Waals surface area (Å²) in [5.74, 6) is -1.41. The van der Waals surface area contributed by atoms with Crippen molar-refractivity contribution in [1.82, 2.24) is 4.90 Å². The summed E-state index contributed by atoms with van der Waals surface area (Å²) < 4.78 is 30.9. The van der Waals surface area contributed by atoms with Gasteiger partial charge in [0.25, 0.3) is 0 Å². The van der Waals surface area contributed by atoms with E-state index in [-0.39, 0.29) is 11.8 Å². The normalized spacial score (nSPS) is 19.2. The summed E-state index contributed by atoms with van der Waals surface area (Å²) in [6.07, 6.45) is 1.05. The van der Waals surface area contributed by atoms with E-state index in [2.05, 4.69) is 0 Å². The van der Waals surface area contributed by atoms with Gasteiger partial charge >= 0.3 is 0 Å². The smallest absolute Gasteiger partial charge is 0.223 e. The highest BCUT2D eigenvalue weighted by molar-refractivity contribution is 5.78. The lowest BCUT2D eigenvalue weighted by Crippen LogP contribution is -2.28. The van der Waals surface area contributed by atoms with E-state index in [0.717, 1.165) is 11.6 Å². The largest absolute Gasteiger partial charge is 0.383 e. The van der Waals surface area contributed by atoms with E-state index >= 15 is 0 Å². The molecule has 0 aliphatic carbocycles. The highest BCUT2D eigenvalue weighted by Gasteiger charge is 2.29. The number of methoxy groups -OCH3 is 1. The van der Waals surface area contributed by atoms with E-state index in [9.17, 15) is 13.6 Å². The van der Waals surface area contributed by atoms with Gasteiger partial charge in [0.2, 0.25) is 5.91 Å². The van der Waals surface area contributed by atoms with Gasteiger partial charge in [0.1, 0.15) is 0 Å². The molecule has 0 saturated carbocycles. The van der Waals surface area contributed by atoms with E-state index in [1.54, 1.807) is 18.1 Å². The van der Waals surface area contributed by atoms with Crippen LogP contribution < -0.4 is 0 Å². The van der Waals surface area contributed by atoms with Crippen molar-refractivity contribution in [2.75, 3.05) is 26.8 Å². The number of ether oxygens (including phenoxy) is 1. The third-order valence-corrected chi connectivity index (χ3v) is 3.37. The number of benzene rings is 1. The molecule has 19 heavy (non-hydrogen) atoms. The van der Waals surface area contributed by atoms with Crippen molar-refractivity contribution < 1.29 is 18.3 Å². The maximum absolute atomic E-state index is 13.1. The number of rotatable bonds is 5. The minimum absolute atomic E-state index is 0.102. The minimum Gasteiger partial charge on any atom is -0.383 e. The number of nitrogens with zero attached hydrogens (tertiary/aromatic N) is 1. The average molecular weight is 269 g/mol. The van der Waals surface area contributed by atoms with Crippen LogP contribution in [0.15, 0.2) is 18.2 Å². The first kappa shape index (κ1) is 13.9. The van der Waals surface area contributed by atoms with Crippen LogP contribution in [0.4, 0.5) is 8.78 Å². The number of carbonyl (C=O) groups excluding carboxylic acids is 1. The fourth-order valence-electron chi connectivity index (χ4n) is 2.41. The zero-order valence-corrected chi connectivity index (χ0v) is 10.9. The zero-order valence-electron chi connectivity index (χ0n) is 10.9. The molecule has 0 spiro atoms. The van der Waals surface area contributed by atoms with Gasteiger partial charge in [0, 0.05) is 26.6 Å². The van der Waals surface area contributed by atoms with Crippen LogP contribution in [-0.4, -0.2) is 37.6 Å². The SMILES string of the molecule is COCCN1C[C@H](Cc2ccc(F)c(F)c2)CC1=O. The molecule has 3 nitrogen and oxygen atoms in total. The standard InChI is InChI=1S/C14H17F2NO2/c1-19-5-4-17-9-11(8-14(17)18)6-10-2-3-12(15)13(16)7-10/h2-3,7,11H,4-6,8-9H2,1H3/t11-/m1/s1. The van der Waals surface area contributed by atoms with Crippen molar-refractivity contribution in [1.29, 1.82) is 0 Å². The van der Waals surface area contributed by atoms with E-state index in [4.69, 9.17) is 4.74 Å². The van der Waals surface area contributed by atoms with Crippen LogP contribution >= 0.6 is 0 Å². The van der Waals surface area contributed by atoms with Crippen LogP contribution in [0.25, 0.3) is 0 Å². The van der Waals surface area contributed by atoms with Crippen LogP contribution in [0.3, 0.4) is 0 Å². The topological polar surface area (TPSA) is 29.5 Å². The predicted octanol–water partition coefficient (Wildman–Crippen LogP) is 2.00. The molecule has 1 aromatic rings. The van der Waals surface area contributed by atoms with Crippen LogP contribution in [0.5, 0.6) is 0 Å². The van der Waals surface area contributed by atoms with Gasteiger partial charge in [-0.2, -0.15) is 0 Å². The monoisotopic (exact) mass is 269 g/mol. The first-order valence-electron chi connectivity index (χ1n) is 6.30. The van der Waals surface area contributed by atoms with Crippen molar-refractivity contribution in [2.24, 2.45) is 5.92 Å². The fourth-order valence-corrected chi connectivity index (χ4v) is 2.41. The van der Waals surface area contributed by atoms with Gasteiger partial charge in [0.15, 0.2) is 11.6 Å². The second-order valence-corrected chi connectivity index (χ2v) is 4.86. The number of amides is 1. The van der Waals surface area contributed by atoms with Crippen LogP contribution in [0.1, 0.15) is 12.0 Å². The molecule has 1 fully saturated rings. The maximum Gasteiger partial charge on any atom is 0.223 e. The van der Waals surface area contributed by atoms with E-state index in [0.29, 0.717) is 32.5 Å². The minimum atomic E-state index is -0.840. The Hall–Kier alpha value is -1.49. The molecule has 0 radical (unpaired) electrons. The Morgan fingerprint density at radius 2 is 2.16 bits per heavy atom. The number of hydrogen-bond acceptors (Lipinski definition) is 2. The Morgan fingerprint density at radius 1 is 1.37 bits per heavy atom. The second kappa shape index (κ2) is 6.10. The molecule has 1 atom stereocenters. The average Bonchev–Trinajstić information content (AvgIpc) is 2.72. The highest BCUT2D eigenvalue weighted by Crippen LogP contribution is 2.22. The highest BCUT2D eigenvalue weighted by atomic mass is 19.2. The van der Waals surface area contributed by atoms with Crippen LogP contribution in [-0.2, 0) is 16.0 Å². The van der Waals surface area contributed by atoms with Gasteiger partial charge in [-0.1, -0.05) is 6.07 Å². The van der Waals surface area contributed by atoms with E-state index < -0.39 is 11.6 Å². The van der Waals surface area contributed by atoms with E-state index in [1.165, 1.54) is 6.07 Å². The Morgan fingerprint density at radius 3 is 2.84 bits per heavy atom. The maximum atomic E-state index is 13.1. The Kier molecular flexibility index (Phi) is 4.47. The number of carbonyl (C=O) groups is 1. The lowest BCUT2D eigenvalue weighted by Gasteiger charge is -2.15. The lowest BCUT2D eigenvalue weighted by atomic mass is 9.98.